The molecule has 31 heavy (non-hydrogen) atoms. The summed E-state index contributed by atoms with van der Waals surface area (Å²) in [5.41, 5.74) is 11.0. The van der Waals surface area contributed by atoms with Gasteiger partial charge in [0.25, 0.3) is 0 Å². The number of nitrogens with zero attached hydrogens (tertiary/aromatic N) is 3. The van der Waals surface area contributed by atoms with Crippen molar-refractivity contribution in [1.82, 2.24) is 5.32 Å². The van der Waals surface area contributed by atoms with Crippen molar-refractivity contribution >= 4 is 5.91 Å². The fourth-order valence-corrected chi connectivity index (χ4v) is 3.85. The van der Waals surface area contributed by atoms with Crippen LogP contribution in [0.2, 0.25) is 0 Å². The van der Waals surface area contributed by atoms with Crippen LogP contribution in [0, 0.1) is 0 Å². The summed E-state index contributed by atoms with van der Waals surface area (Å²) in [6, 6.07) is 17.6. The van der Waals surface area contributed by atoms with Crippen molar-refractivity contribution in [3.05, 3.63) is 82.2 Å². The fraction of sp³-hybridized carbons (Fsp3) is 0.409. The lowest BCUT2D eigenvalue weighted by Crippen LogP contribution is -2.65. The molecular formula is C22H24N4O5. The number of nitrogens with one attached hydrogen (secondary N) is 1. The second-order valence-corrected chi connectivity index (χ2v) is 7.44. The first kappa shape index (κ1) is 21.3. The number of amides is 1. The van der Waals surface area contributed by atoms with Crippen LogP contribution in [0.4, 0.5) is 0 Å². The Morgan fingerprint density at radius 1 is 1.16 bits per heavy atom. The summed E-state index contributed by atoms with van der Waals surface area (Å²) in [5.74, 6) is -0.287. The molecule has 0 spiro atoms. The van der Waals surface area contributed by atoms with Gasteiger partial charge in [0.1, 0.15) is 12.2 Å². The van der Waals surface area contributed by atoms with Gasteiger partial charge in [-0.1, -0.05) is 65.8 Å². The highest BCUT2D eigenvalue weighted by atomic mass is 16.7. The number of hydrogen-bond acceptors (Lipinski definition) is 6. The monoisotopic (exact) mass is 424 g/mol. The minimum atomic E-state index is -0.832. The van der Waals surface area contributed by atoms with Gasteiger partial charge >= 0.3 is 0 Å². The Kier molecular flexibility index (Phi) is 6.81. The van der Waals surface area contributed by atoms with Crippen LogP contribution in [0.5, 0.6) is 0 Å². The van der Waals surface area contributed by atoms with Crippen molar-refractivity contribution < 1.29 is 23.7 Å². The van der Waals surface area contributed by atoms with Crippen LogP contribution >= 0.6 is 0 Å². The Balaban J connectivity index is 1.56. The molecule has 0 saturated carbocycles. The van der Waals surface area contributed by atoms with Crippen molar-refractivity contribution in [3.63, 3.8) is 0 Å². The number of azide groups is 1. The molecular weight excluding hydrogens is 400 g/mol. The Hall–Kier alpha value is -2.94. The first-order chi connectivity index (χ1) is 15.2. The Bertz CT molecular complexity index is 922. The van der Waals surface area contributed by atoms with E-state index in [0.717, 1.165) is 11.1 Å². The van der Waals surface area contributed by atoms with Gasteiger partial charge in [0.15, 0.2) is 12.6 Å². The van der Waals surface area contributed by atoms with Gasteiger partial charge in [0.05, 0.1) is 25.3 Å². The second-order valence-electron chi connectivity index (χ2n) is 7.44. The molecule has 9 heteroatoms. The third-order valence-electron chi connectivity index (χ3n) is 5.25. The minimum absolute atomic E-state index is 0.236. The quantitative estimate of drug-likeness (QED) is 0.434. The van der Waals surface area contributed by atoms with E-state index in [-0.39, 0.29) is 19.1 Å². The highest BCUT2D eigenvalue weighted by Gasteiger charge is 2.50. The SMILES string of the molecule is CC(=O)N[C@@H]1[C@H](OCc2ccccc2)O[C@@H]2CO[C@@H](c3ccccc3)O[C@@H]2[C@@H]1N=[N+]=[N-]. The van der Waals surface area contributed by atoms with Gasteiger partial charge < -0.3 is 24.3 Å². The highest BCUT2D eigenvalue weighted by molar-refractivity contribution is 5.73. The van der Waals surface area contributed by atoms with E-state index in [0.29, 0.717) is 0 Å². The first-order valence-corrected chi connectivity index (χ1v) is 10.1. The van der Waals surface area contributed by atoms with Crippen LogP contribution in [0.25, 0.3) is 10.4 Å². The van der Waals surface area contributed by atoms with Crippen LogP contribution in [0.3, 0.4) is 0 Å². The lowest BCUT2D eigenvalue weighted by molar-refractivity contribution is -0.327. The number of carbonyl (C=O) groups excluding carboxylic acids is 1. The van der Waals surface area contributed by atoms with Gasteiger partial charge in [-0.25, -0.2) is 0 Å². The predicted molar refractivity (Wildman–Crippen MR) is 110 cm³/mol. The molecule has 2 saturated heterocycles. The Labute approximate surface area is 179 Å². The Morgan fingerprint density at radius 2 is 1.87 bits per heavy atom. The maximum Gasteiger partial charge on any atom is 0.217 e. The molecule has 0 bridgehead atoms. The molecule has 1 N–H and O–H groups in total. The lowest BCUT2D eigenvalue weighted by Gasteiger charge is -2.48. The van der Waals surface area contributed by atoms with E-state index in [1.807, 2.05) is 60.7 Å². The van der Waals surface area contributed by atoms with Gasteiger partial charge in [-0.2, -0.15) is 0 Å². The number of carbonyl (C=O) groups is 1. The van der Waals surface area contributed by atoms with Crippen molar-refractivity contribution in [2.45, 2.75) is 50.4 Å². The molecule has 1 amide bonds. The van der Waals surface area contributed by atoms with E-state index < -0.39 is 36.9 Å². The normalized spacial score (nSPS) is 30.0. The summed E-state index contributed by atoms with van der Waals surface area (Å²) in [6.07, 6.45) is -2.58. The third-order valence-corrected chi connectivity index (χ3v) is 5.25. The molecule has 2 heterocycles. The van der Waals surface area contributed by atoms with Crippen molar-refractivity contribution in [3.8, 4) is 0 Å². The van der Waals surface area contributed by atoms with Gasteiger partial charge in [0.2, 0.25) is 5.91 Å². The summed E-state index contributed by atoms with van der Waals surface area (Å²) >= 11 is 0. The van der Waals surface area contributed by atoms with E-state index >= 15 is 0 Å². The molecule has 162 valence electrons. The number of ether oxygens (including phenoxy) is 4. The summed E-state index contributed by atoms with van der Waals surface area (Å²) in [5, 5.41) is 6.78. The van der Waals surface area contributed by atoms with Gasteiger partial charge in [-0.3, -0.25) is 4.79 Å². The molecule has 0 aromatic heterocycles. The highest BCUT2D eigenvalue weighted by Crippen LogP contribution is 2.36. The lowest BCUT2D eigenvalue weighted by atomic mass is 9.93. The average Bonchev–Trinajstić information content (AvgIpc) is 2.80. The molecule has 2 aromatic carbocycles. The number of fused-ring (bicyclic) bond motifs is 1. The molecule has 2 fully saturated rings. The van der Waals surface area contributed by atoms with Gasteiger partial charge in [-0.05, 0) is 11.1 Å². The first-order valence-electron chi connectivity index (χ1n) is 10.1. The van der Waals surface area contributed by atoms with Crippen LogP contribution < -0.4 is 5.32 Å². The largest absolute Gasteiger partial charge is 0.348 e. The number of rotatable bonds is 6. The van der Waals surface area contributed by atoms with Crippen LogP contribution in [-0.4, -0.2) is 43.1 Å². The number of hydrogen-bond donors (Lipinski definition) is 1. The molecule has 9 nitrogen and oxygen atoms in total. The van der Waals surface area contributed by atoms with Crippen LogP contribution in [0.15, 0.2) is 65.8 Å². The van der Waals surface area contributed by atoms with E-state index in [4.69, 9.17) is 18.9 Å². The van der Waals surface area contributed by atoms with E-state index in [1.54, 1.807) is 0 Å². The maximum atomic E-state index is 11.9. The minimum Gasteiger partial charge on any atom is -0.348 e. The summed E-state index contributed by atoms with van der Waals surface area (Å²) in [4.78, 5) is 14.9. The van der Waals surface area contributed by atoms with Crippen molar-refractivity contribution in [2.24, 2.45) is 5.11 Å². The van der Waals surface area contributed by atoms with Crippen molar-refractivity contribution in [1.29, 1.82) is 0 Å². The standard InChI is InChI=1S/C22H24N4O5/c1-14(27)24-19-18(25-26-23)20-17(13-29-21(31-20)16-10-6-3-7-11-16)30-22(19)28-12-15-8-4-2-5-9-15/h2-11,17-22H,12-13H2,1H3,(H,24,27)/t17-,18-,19+,20+,21-,22-/m1/s1. The zero-order valence-electron chi connectivity index (χ0n) is 17.0. The van der Waals surface area contributed by atoms with E-state index in [1.165, 1.54) is 6.92 Å². The smallest absolute Gasteiger partial charge is 0.217 e. The molecule has 2 aromatic rings. The van der Waals surface area contributed by atoms with Gasteiger partial charge in [0, 0.05) is 17.4 Å². The molecule has 4 rings (SSSR count). The topological polar surface area (TPSA) is 115 Å². The fourth-order valence-electron chi connectivity index (χ4n) is 3.85. The van der Waals surface area contributed by atoms with Crippen molar-refractivity contribution in [2.75, 3.05) is 6.61 Å². The molecule has 0 radical (unpaired) electrons. The van der Waals surface area contributed by atoms with E-state index in [9.17, 15) is 10.3 Å². The zero-order valence-corrected chi connectivity index (χ0v) is 17.0. The number of benzene rings is 2. The Morgan fingerprint density at radius 3 is 2.55 bits per heavy atom. The molecule has 2 aliphatic heterocycles. The third kappa shape index (κ3) is 5.04. The molecule has 0 unspecified atom stereocenters. The molecule has 2 aliphatic rings. The summed E-state index contributed by atoms with van der Waals surface area (Å²) in [7, 11) is 0. The van der Waals surface area contributed by atoms with Crippen LogP contribution in [0.1, 0.15) is 24.3 Å². The zero-order chi connectivity index (χ0) is 21.6. The van der Waals surface area contributed by atoms with Gasteiger partial charge in [-0.15, -0.1) is 0 Å². The maximum absolute atomic E-state index is 11.9. The average molecular weight is 424 g/mol. The van der Waals surface area contributed by atoms with E-state index in [2.05, 4.69) is 15.3 Å². The van der Waals surface area contributed by atoms with Crippen LogP contribution in [-0.2, 0) is 30.3 Å². The summed E-state index contributed by atoms with van der Waals surface area (Å²) in [6.45, 7) is 1.90. The second kappa shape index (κ2) is 9.91. The summed E-state index contributed by atoms with van der Waals surface area (Å²) < 4.78 is 24.1. The predicted octanol–water partition coefficient (Wildman–Crippen LogP) is 3.23. The molecule has 0 aliphatic carbocycles. The molecule has 6 atom stereocenters.